The molecule has 2 aromatic rings. The highest BCUT2D eigenvalue weighted by Crippen LogP contribution is 2.11. The highest BCUT2D eigenvalue weighted by molar-refractivity contribution is 5.75. The van der Waals surface area contributed by atoms with Gasteiger partial charge in [0.1, 0.15) is 7.05 Å². The smallest absolute Gasteiger partial charge is 0.248 e. The molecular weight excluding hydrogens is 189 g/mol. The van der Waals surface area contributed by atoms with E-state index in [4.69, 9.17) is 0 Å². The Kier molecular flexibility index (Phi) is 2.83. The average Bonchev–Trinajstić information content (AvgIpc) is 2.04. The predicted molar refractivity (Wildman–Crippen MR) is 45.1 cm³/mol. The third-order valence-electron chi connectivity index (χ3n) is 1.96. The zero-order valence-corrected chi connectivity index (χ0v) is 7.92. The van der Waals surface area contributed by atoms with Gasteiger partial charge in [-0.3, -0.25) is 0 Å². The van der Waals surface area contributed by atoms with Crippen LogP contribution in [-0.4, -0.2) is 0 Å². The predicted octanol–water partition coefficient (Wildman–Crippen LogP) is -1.19. The molecule has 0 unspecified atom stereocenters. The van der Waals surface area contributed by atoms with E-state index in [9.17, 15) is 4.39 Å². The molecule has 0 aliphatic rings. The lowest BCUT2D eigenvalue weighted by molar-refractivity contribution is -0.645. The van der Waals surface area contributed by atoms with Crippen LogP contribution < -0.4 is 17.0 Å². The summed E-state index contributed by atoms with van der Waals surface area (Å²) < 4.78 is 15.0. The van der Waals surface area contributed by atoms with Crippen molar-refractivity contribution in [1.29, 1.82) is 0 Å². The maximum atomic E-state index is 13.2. The van der Waals surface area contributed by atoms with Crippen molar-refractivity contribution >= 4 is 10.9 Å². The molecule has 13 heavy (non-hydrogen) atoms. The Balaban J connectivity index is 0.000000845. The lowest BCUT2D eigenvalue weighted by atomic mass is 10.2. The summed E-state index contributed by atoms with van der Waals surface area (Å²) in [4.78, 5) is 0. The topological polar surface area (TPSA) is 3.88 Å². The standard InChI is InChI=1S/C10H9FN.ClH/c1-12-7-3-5-8-4-2-6-9(11)10(8)12;/h2-7H,1H3;1H/q+1;/p-1. The molecule has 0 N–H and O–H groups in total. The average molecular weight is 198 g/mol. The van der Waals surface area contributed by atoms with E-state index in [2.05, 4.69) is 0 Å². The molecule has 0 saturated carbocycles. The van der Waals surface area contributed by atoms with Crippen LogP contribution in [0.4, 0.5) is 4.39 Å². The molecule has 1 aromatic carbocycles. The number of aryl methyl sites for hydroxylation is 1. The molecule has 68 valence electrons. The number of hydrogen-bond acceptors (Lipinski definition) is 0. The summed E-state index contributed by atoms with van der Waals surface area (Å²) in [5.74, 6) is -0.171. The number of aromatic nitrogens is 1. The number of halogens is 2. The fourth-order valence-electron chi connectivity index (χ4n) is 1.39. The molecule has 0 fully saturated rings. The molecule has 0 aliphatic heterocycles. The molecular formula is C10H9ClFN. The summed E-state index contributed by atoms with van der Waals surface area (Å²) in [5, 5.41) is 0.931. The van der Waals surface area contributed by atoms with Gasteiger partial charge in [0.15, 0.2) is 12.0 Å². The fourth-order valence-corrected chi connectivity index (χ4v) is 1.39. The summed E-state index contributed by atoms with van der Waals surface area (Å²) in [7, 11) is 1.84. The molecule has 1 aromatic heterocycles. The maximum Gasteiger partial charge on any atom is 0.248 e. The van der Waals surface area contributed by atoms with Crippen LogP contribution in [0.3, 0.4) is 0 Å². The highest BCUT2D eigenvalue weighted by Gasteiger charge is 2.08. The summed E-state index contributed by atoms with van der Waals surface area (Å²) in [6, 6.07) is 8.90. The second-order valence-electron chi connectivity index (χ2n) is 2.80. The van der Waals surface area contributed by atoms with E-state index in [1.165, 1.54) is 6.07 Å². The van der Waals surface area contributed by atoms with Crippen LogP contribution in [0.2, 0.25) is 0 Å². The van der Waals surface area contributed by atoms with Crippen molar-refractivity contribution in [3.8, 4) is 0 Å². The van der Waals surface area contributed by atoms with Gasteiger partial charge < -0.3 is 12.4 Å². The van der Waals surface area contributed by atoms with E-state index >= 15 is 0 Å². The van der Waals surface area contributed by atoms with Gasteiger partial charge in [-0.25, -0.2) is 0 Å². The minimum atomic E-state index is -0.171. The van der Waals surface area contributed by atoms with Crippen molar-refractivity contribution < 1.29 is 21.4 Å². The van der Waals surface area contributed by atoms with E-state index in [-0.39, 0.29) is 18.2 Å². The summed E-state index contributed by atoms with van der Waals surface area (Å²) in [6.07, 6.45) is 1.84. The van der Waals surface area contributed by atoms with Crippen LogP contribution in [0.15, 0.2) is 36.5 Å². The zero-order chi connectivity index (χ0) is 8.55. The van der Waals surface area contributed by atoms with Crippen LogP contribution >= 0.6 is 0 Å². The van der Waals surface area contributed by atoms with Crippen molar-refractivity contribution in [2.24, 2.45) is 7.05 Å². The van der Waals surface area contributed by atoms with Crippen LogP contribution in [0, 0.1) is 5.82 Å². The molecule has 2 rings (SSSR count). The fraction of sp³-hybridized carbons (Fsp3) is 0.100. The quantitative estimate of drug-likeness (QED) is 0.468. The Morgan fingerprint density at radius 3 is 2.54 bits per heavy atom. The third kappa shape index (κ3) is 1.63. The summed E-state index contributed by atoms with van der Waals surface area (Å²) >= 11 is 0. The second-order valence-corrected chi connectivity index (χ2v) is 2.80. The summed E-state index contributed by atoms with van der Waals surface area (Å²) in [5.41, 5.74) is 0.653. The number of rotatable bonds is 0. The number of para-hydroxylation sites is 1. The Morgan fingerprint density at radius 1 is 1.15 bits per heavy atom. The third-order valence-corrected chi connectivity index (χ3v) is 1.96. The Bertz CT molecular complexity index is 391. The van der Waals surface area contributed by atoms with Gasteiger partial charge in [0.05, 0.1) is 0 Å². The van der Waals surface area contributed by atoms with Crippen LogP contribution in [0.1, 0.15) is 0 Å². The van der Waals surface area contributed by atoms with Gasteiger partial charge in [0, 0.05) is 11.5 Å². The minimum Gasteiger partial charge on any atom is -1.00 e. The summed E-state index contributed by atoms with van der Waals surface area (Å²) in [6.45, 7) is 0. The Labute approximate surface area is 82.2 Å². The second kappa shape index (κ2) is 3.71. The first kappa shape index (κ1) is 9.93. The molecule has 1 nitrogen and oxygen atoms in total. The molecule has 0 spiro atoms. The molecule has 0 amide bonds. The van der Waals surface area contributed by atoms with Crippen molar-refractivity contribution in [1.82, 2.24) is 0 Å². The van der Waals surface area contributed by atoms with Crippen LogP contribution in [0.5, 0.6) is 0 Å². The van der Waals surface area contributed by atoms with E-state index < -0.39 is 0 Å². The number of fused-ring (bicyclic) bond motifs is 1. The monoisotopic (exact) mass is 197 g/mol. The molecule has 0 aliphatic carbocycles. The molecule has 0 atom stereocenters. The Hall–Kier alpha value is -1.15. The van der Waals surface area contributed by atoms with Crippen molar-refractivity contribution in [3.05, 3.63) is 42.3 Å². The van der Waals surface area contributed by atoms with Gasteiger partial charge in [-0.2, -0.15) is 8.96 Å². The molecule has 3 heteroatoms. The first-order chi connectivity index (χ1) is 5.79. The van der Waals surface area contributed by atoms with Crippen LogP contribution in [0.25, 0.3) is 10.9 Å². The first-order valence-corrected chi connectivity index (χ1v) is 3.82. The number of nitrogens with zero attached hydrogens (tertiary/aromatic N) is 1. The van der Waals surface area contributed by atoms with Crippen molar-refractivity contribution in [2.45, 2.75) is 0 Å². The van der Waals surface area contributed by atoms with Crippen molar-refractivity contribution in [3.63, 3.8) is 0 Å². The number of benzene rings is 1. The van der Waals surface area contributed by atoms with E-state index in [0.717, 1.165) is 5.39 Å². The zero-order valence-electron chi connectivity index (χ0n) is 7.17. The van der Waals surface area contributed by atoms with E-state index in [0.29, 0.717) is 5.52 Å². The van der Waals surface area contributed by atoms with E-state index in [1.54, 1.807) is 10.6 Å². The SMILES string of the molecule is C[n+]1cccc2cccc(F)c21.[Cl-]. The number of hydrogen-bond donors (Lipinski definition) is 0. The molecule has 0 radical (unpaired) electrons. The van der Waals surface area contributed by atoms with Gasteiger partial charge >= 0.3 is 0 Å². The van der Waals surface area contributed by atoms with Gasteiger partial charge in [0.25, 0.3) is 0 Å². The maximum absolute atomic E-state index is 13.2. The minimum absolute atomic E-state index is 0. The normalized spacial score (nSPS) is 9.69. The molecule has 0 bridgehead atoms. The Morgan fingerprint density at radius 2 is 1.85 bits per heavy atom. The van der Waals surface area contributed by atoms with Crippen LogP contribution in [-0.2, 0) is 7.05 Å². The van der Waals surface area contributed by atoms with Gasteiger partial charge in [-0.05, 0) is 18.2 Å². The lowest BCUT2D eigenvalue weighted by Crippen LogP contribution is -3.00. The molecule has 0 saturated heterocycles. The van der Waals surface area contributed by atoms with Crippen molar-refractivity contribution in [2.75, 3.05) is 0 Å². The molecule has 1 heterocycles. The lowest BCUT2D eigenvalue weighted by Gasteiger charge is -1.95. The van der Waals surface area contributed by atoms with Gasteiger partial charge in [-0.1, -0.05) is 6.07 Å². The highest BCUT2D eigenvalue weighted by atomic mass is 35.5. The largest absolute Gasteiger partial charge is 1.00 e. The van der Waals surface area contributed by atoms with Gasteiger partial charge in [0.2, 0.25) is 5.52 Å². The number of pyridine rings is 1. The van der Waals surface area contributed by atoms with Gasteiger partial charge in [-0.15, -0.1) is 0 Å². The van der Waals surface area contributed by atoms with E-state index in [1.807, 2.05) is 31.4 Å². The first-order valence-electron chi connectivity index (χ1n) is 3.82.